The normalized spacial score (nSPS) is 12.1. The van der Waals surface area contributed by atoms with Crippen LogP contribution >= 0.6 is 11.8 Å². The summed E-state index contributed by atoms with van der Waals surface area (Å²) in [5.41, 5.74) is 3.10. The molecule has 0 aliphatic heterocycles. The minimum Gasteiger partial charge on any atom is -0.366 e. The van der Waals surface area contributed by atoms with Gasteiger partial charge < -0.3 is 5.73 Å². The summed E-state index contributed by atoms with van der Waals surface area (Å²) < 4.78 is 74.4. The first-order chi connectivity index (χ1) is 16.4. The number of fused-ring (bicyclic) bond motifs is 1. The average molecular weight is 521 g/mol. The number of benzene rings is 3. The lowest BCUT2D eigenvalue weighted by Gasteiger charge is -2.17. The van der Waals surface area contributed by atoms with Crippen LogP contribution in [0.3, 0.4) is 0 Å². The number of primary amides is 1. The fraction of sp³-hybridized carbons (Fsp3) is 0.0435. The highest BCUT2D eigenvalue weighted by Gasteiger charge is 2.34. The fourth-order valence-corrected chi connectivity index (χ4v) is 5.04. The molecular weight excluding hydrogens is 505 g/mol. The highest BCUT2D eigenvalue weighted by atomic mass is 32.2. The number of halogens is 3. The number of hydrogen-bond donors (Lipinski definition) is 2. The molecule has 1 heterocycles. The molecule has 3 aromatic carbocycles. The van der Waals surface area contributed by atoms with Gasteiger partial charge in [-0.25, -0.2) is 0 Å². The smallest absolute Gasteiger partial charge is 0.366 e. The van der Waals surface area contributed by atoms with Crippen LogP contribution in [0.4, 0.5) is 13.2 Å². The summed E-state index contributed by atoms with van der Waals surface area (Å²) in [5, 5.41) is -0.608. The molecule has 0 unspecified atom stereocenters. The number of nitrogens with two attached hydrogens (primary N) is 1. The highest BCUT2D eigenvalue weighted by molar-refractivity contribution is 7.99. The lowest BCUT2D eigenvalue weighted by molar-refractivity contribution is -0.136. The second-order valence-electron chi connectivity index (χ2n) is 7.34. The van der Waals surface area contributed by atoms with Crippen molar-refractivity contribution in [3.05, 3.63) is 94.3 Å². The molecule has 3 N–H and O–H groups in total. The number of amides is 1. The van der Waals surface area contributed by atoms with Gasteiger partial charge in [-0.05, 0) is 48.5 Å². The molecular formula is C23H15F3N2O5S2. The summed E-state index contributed by atoms with van der Waals surface area (Å²) >= 11 is 1.17. The summed E-state index contributed by atoms with van der Waals surface area (Å²) in [5.74, 6) is -0.739. The molecule has 0 atom stereocenters. The van der Waals surface area contributed by atoms with Crippen LogP contribution in [0.5, 0.6) is 0 Å². The summed E-state index contributed by atoms with van der Waals surface area (Å²) in [7, 11) is -4.81. The maximum absolute atomic E-state index is 13.7. The van der Waals surface area contributed by atoms with Crippen LogP contribution < -0.4 is 11.3 Å². The monoisotopic (exact) mass is 520 g/mol. The van der Waals surface area contributed by atoms with E-state index in [1.165, 1.54) is 30.0 Å². The van der Waals surface area contributed by atoms with Crippen LogP contribution in [0.2, 0.25) is 0 Å². The maximum atomic E-state index is 13.7. The number of nitrogens with zero attached hydrogens (tertiary/aromatic N) is 1. The van der Waals surface area contributed by atoms with Gasteiger partial charge in [0.05, 0.1) is 27.2 Å². The first kappa shape index (κ1) is 24.5. The Labute approximate surface area is 200 Å². The first-order valence-corrected chi connectivity index (χ1v) is 12.0. The molecule has 4 aromatic rings. The Kier molecular flexibility index (Phi) is 6.21. The molecule has 1 aromatic heterocycles. The molecule has 12 heteroatoms. The van der Waals surface area contributed by atoms with E-state index in [1.807, 2.05) is 0 Å². The third kappa shape index (κ3) is 4.94. The first-order valence-electron chi connectivity index (χ1n) is 9.78. The molecule has 7 nitrogen and oxygen atoms in total. The molecule has 0 aliphatic rings. The molecule has 180 valence electrons. The lowest BCUT2D eigenvalue weighted by atomic mass is 10.1. The number of carbonyl (C=O) groups is 1. The molecule has 0 aliphatic carbocycles. The van der Waals surface area contributed by atoms with Crippen LogP contribution in [0.15, 0.2) is 92.3 Å². The van der Waals surface area contributed by atoms with Crippen LogP contribution in [0.25, 0.3) is 16.6 Å². The van der Waals surface area contributed by atoms with Gasteiger partial charge >= 0.3 is 6.18 Å². The van der Waals surface area contributed by atoms with E-state index in [1.54, 1.807) is 30.3 Å². The van der Waals surface area contributed by atoms with E-state index >= 15 is 0 Å². The highest BCUT2D eigenvalue weighted by Crippen LogP contribution is 2.36. The summed E-state index contributed by atoms with van der Waals surface area (Å²) in [6, 6.07) is 15.9. The topological polar surface area (TPSA) is 119 Å². The van der Waals surface area contributed by atoms with Crippen LogP contribution in [-0.4, -0.2) is 23.4 Å². The zero-order valence-corrected chi connectivity index (χ0v) is 19.1. The Morgan fingerprint density at radius 1 is 0.971 bits per heavy atom. The molecule has 1 amide bonds. The van der Waals surface area contributed by atoms with Gasteiger partial charge in [0.15, 0.2) is 0 Å². The zero-order valence-electron chi connectivity index (χ0n) is 17.5. The van der Waals surface area contributed by atoms with E-state index in [-0.39, 0.29) is 16.8 Å². The number of hydrogen-bond acceptors (Lipinski definition) is 5. The molecule has 0 bridgehead atoms. The lowest BCUT2D eigenvalue weighted by Crippen LogP contribution is -2.22. The second-order valence-corrected chi connectivity index (χ2v) is 9.88. The van der Waals surface area contributed by atoms with Gasteiger partial charge in [-0.3, -0.25) is 18.7 Å². The van der Waals surface area contributed by atoms with Crippen molar-refractivity contribution in [2.45, 2.75) is 20.9 Å². The van der Waals surface area contributed by atoms with E-state index < -0.39 is 43.6 Å². The van der Waals surface area contributed by atoms with E-state index in [0.29, 0.717) is 17.0 Å². The Bertz CT molecular complexity index is 1630. The largest absolute Gasteiger partial charge is 0.417 e. The standard InChI is InChI=1S/C23H15F3N2O5S2/c24-23(25,26)18-12-21(29)28(19-9-7-15(11-17(18)19)35(31,32)33)13-6-8-16(22(27)30)20(10-13)34-14-4-2-1-3-5-14/h1-12H,(H2,27,30)(H,31,32,33). The van der Waals surface area contributed by atoms with E-state index in [4.69, 9.17) is 5.73 Å². The Balaban J connectivity index is 2.01. The van der Waals surface area contributed by atoms with Gasteiger partial charge in [-0.15, -0.1) is 0 Å². The second kappa shape index (κ2) is 8.87. The minimum atomic E-state index is -4.97. The quantitative estimate of drug-likeness (QED) is 0.374. The van der Waals surface area contributed by atoms with Gasteiger partial charge in [0.1, 0.15) is 0 Å². The van der Waals surface area contributed by atoms with E-state index in [0.717, 1.165) is 21.6 Å². The average Bonchev–Trinajstić information content (AvgIpc) is 2.77. The van der Waals surface area contributed by atoms with Gasteiger partial charge in [0.25, 0.3) is 15.7 Å². The van der Waals surface area contributed by atoms with Crippen LogP contribution in [-0.2, 0) is 16.3 Å². The van der Waals surface area contributed by atoms with Crippen LogP contribution in [0.1, 0.15) is 15.9 Å². The molecule has 35 heavy (non-hydrogen) atoms. The van der Waals surface area contributed by atoms with Crippen molar-refractivity contribution in [1.82, 2.24) is 4.57 Å². The number of rotatable bonds is 5. The van der Waals surface area contributed by atoms with E-state index in [9.17, 15) is 35.7 Å². The van der Waals surface area contributed by atoms with Crippen molar-refractivity contribution in [3.8, 4) is 5.69 Å². The van der Waals surface area contributed by atoms with Crippen molar-refractivity contribution in [2.24, 2.45) is 5.73 Å². The SMILES string of the molecule is NC(=O)c1ccc(-n2c(=O)cc(C(F)(F)F)c3cc(S(=O)(=O)O)ccc32)cc1Sc1ccccc1. The number of aromatic nitrogens is 1. The Morgan fingerprint density at radius 3 is 2.26 bits per heavy atom. The molecule has 0 spiro atoms. The number of pyridine rings is 1. The Morgan fingerprint density at radius 2 is 1.66 bits per heavy atom. The van der Waals surface area contributed by atoms with Crippen molar-refractivity contribution in [3.63, 3.8) is 0 Å². The number of alkyl halides is 3. The molecule has 0 saturated carbocycles. The predicted molar refractivity (Wildman–Crippen MR) is 123 cm³/mol. The van der Waals surface area contributed by atoms with Gasteiger partial charge in [-0.2, -0.15) is 21.6 Å². The maximum Gasteiger partial charge on any atom is 0.417 e. The van der Waals surface area contributed by atoms with Gasteiger partial charge in [0.2, 0.25) is 5.91 Å². The fourth-order valence-electron chi connectivity index (χ4n) is 3.53. The van der Waals surface area contributed by atoms with Crippen molar-refractivity contribution >= 4 is 38.7 Å². The summed E-state index contributed by atoms with van der Waals surface area (Å²) in [6.07, 6.45) is -4.97. The Hall–Kier alpha value is -3.61. The third-order valence-corrected chi connectivity index (χ3v) is 6.97. The van der Waals surface area contributed by atoms with Crippen molar-refractivity contribution in [2.75, 3.05) is 0 Å². The van der Waals surface area contributed by atoms with Crippen LogP contribution in [0, 0.1) is 0 Å². The van der Waals surface area contributed by atoms with Crippen molar-refractivity contribution < 1.29 is 30.9 Å². The summed E-state index contributed by atoms with van der Waals surface area (Å²) in [4.78, 5) is 25.2. The van der Waals surface area contributed by atoms with E-state index in [2.05, 4.69) is 0 Å². The molecule has 0 saturated heterocycles. The number of carbonyl (C=O) groups excluding carboxylic acids is 1. The minimum absolute atomic E-state index is 0.122. The third-order valence-electron chi connectivity index (χ3n) is 5.05. The molecule has 0 fully saturated rings. The zero-order chi connectivity index (χ0) is 25.5. The molecule has 4 rings (SSSR count). The van der Waals surface area contributed by atoms with Crippen molar-refractivity contribution in [1.29, 1.82) is 0 Å². The van der Waals surface area contributed by atoms with Gasteiger partial charge in [-0.1, -0.05) is 30.0 Å². The predicted octanol–water partition coefficient (Wildman–Crippen LogP) is 4.51. The molecule has 0 radical (unpaired) electrons. The van der Waals surface area contributed by atoms with Gasteiger partial charge in [0, 0.05) is 21.2 Å². The summed E-state index contributed by atoms with van der Waals surface area (Å²) in [6.45, 7) is 0.